The van der Waals surface area contributed by atoms with Gasteiger partial charge in [0.25, 0.3) is 0 Å². The van der Waals surface area contributed by atoms with Gasteiger partial charge in [-0.15, -0.1) is 0 Å². The maximum absolute atomic E-state index is 12.4. The summed E-state index contributed by atoms with van der Waals surface area (Å²) in [6, 6.07) is 5.41. The normalized spacial score (nSPS) is 13.9. The number of carbonyl (C=O) groups is 2. The van der Waals surface area contributed by atoms with Gasteiger partial charge in [-0.05, 0) is 18.2 Å². The molecule has 0 saturated carbocycles. The second-order valence-electron chi connectivity index (χ2n) is 4.89. The van der Waals surface area contributed by atoms with Crippen molar-refractivity contribution in [1.29, 1.82) is 0 Å². The summed E-state index contributed by atoms with van der Waals surface area (Å²) in [4.78, 5) is 26.5. The van der Waals surface area contributed by atoms with Gasteiger partial charge < -0.3 is 14.8 Å². The zero-order valence-electron chi connectivity index (χ0n) is 11.6. The summed E-state index contributed by atoms with van der Waals surface area (Å²) < 4.78 is 5.15. The van der Waals surface area contributed by atoms with Crippen LogP contribution in [0.15, 0.2) is 24.4 Å². The molecule has 1 aromatic carbocycles. The number of nitrogens with one attached hydrogen (secondary N) is 1. The zero-order chi connectivity index (χ0) is 14.9. The number of hydrogen-bond donors (Lipinski definition) is 2. The minimum Gasteiger partial charge on any atom is -0.497 e. The molecule has 2 atom stereocenters. The Bertz CT molecular complexity index is 659. The van der Waals surface area contributed by atoms with Gasteiger partial charge in [0.15, 0.2) is 5.78 Å². The van der Waals surface area contributed by atoms with Gasteiger partial charge in [0, 0.05) is 28.6 Å². The van der Waals surface area contributed by atoms with Crippen LogP contribution >= 0.6 is 0 Å². The number of H-pyrrole nitrogens is 1. The summed E-state index contributed by atoms with van der Waals surface area (Å²) in [6.45, 7) is 3.18. The molecule has 0 bridgehead atoms. The number of methoxy groups -OCH3 is 1. The Hall–Kier alpha value is -2.30. The van der Waals surface area contributed by atoms with E-state index in [1.165, 1.54) is 0 Å². The van der Waals surface area contributed by atoms with E-state index in [4.69, 9.17) is 9.84 Å². The largest absolute Gasteiger partial charge is 0.497 e. The molecule has 20 heavy (non-hydrogen) atoms. The molecule has 0 aliphatic rings. The second-order valence-corrected chi connectivity index (χ2v) is 4.89. The lowest BCUT2D eigenvalue weighted by molar-refractivity contribution is -0.142. The second kappa shape index (κ2) is 5.36. The number of carboxylic acids is 1. The van der Waals surface area contributed by atoms with E-state index in [1.54, 1.807) is 39.3 Å². The van der Waals surface area contributed by atoms with Gasteiger partial charge in [0.1, 0.15) is 5.75 Å². The van der Waals surface area contributed by atoms with Gasteiger partial charge >= 0.3 is 5.97 Å². The van der Waals surface area contributed by atoms with Gasteiger partial charge in [0.05, 0.1) is 13.0 Å². The molecule has 0 aliphatic heterocycles. The molecule has 106 valence electrons. The molecule has 2 unspecified atom stereocenters. The molecule has 2 N–H and O–H groups in total. The van der Waals surface area contributed by atoms with Crippen molar-refractivity contribution in [2.24, 2.45) is 11.8 Å². The lowest BCUT2D eigenvalue weighted by Gasteiger charge is -2.14. The minimum atomic E-state index is -0.969. The van der Waals surface area contributed by atoms with E-state index in [9.17, 15) is 9.59 Å². The monoisotopic (exact) mass is 275 g/mol. The van der Waals surface area contributed by atoms with E-state index < -0.39 is 17.8 Å². The van der Waals surface area contributed by atoms with Crippen molar-refractivity contribution in [1.82, 2.24) is 4.98 Å². The van der Waals surface area contributed by atoms with Crippen molar-refractivity contribution in [3.05, 3.63) is 30.0 Å². The van der Waals surface area contributed by atoms with Crippen LogP contribution < -0.4 is 4.74 Å². The van der Waals surface area contributed by atoms with Crippen molar-refractivity contribution >= 4 is 22.7 Å². The summed E-state index contributed by atoms with van der Waals surface area (Å²) >= 11 is 0. The van der Waals surface area contributed by atoms with E-state index in [0.717, 1.165) is 10.9 Å². The highest BCUT2D eigenvalue weighted by atomic mass is 16.5. The standard InChI is InChI=1S/C15H17NO4/c1-8(9(2)15(18)19)14(17)12-7-16-13-5-4-10(20-3)6-11(12)13/h4-9,16H,1-3H3,(H,18,19). The molecule has 5 heteroatoms. The van der Waals surface area contributed by atoms with Crippen molar-refractivity contribution in [3.8, 4) is 5.75 Å². The molecule has 0 saturated heterocycles. The number of aromatic nitrogens is 1. The highest BCUT2D eigenvalue weighted by molar-refractivity contribution is 6.09. The van der Waals surface area contributed by atoms with Gasteiger partial charge in [-0.3, -0.25) is 9.59 Å². The molecular weight excluding hydrogens is 258 g/mol. The highest BCUT2D eigenvalue weighted by Gasteiger charge is 2.28. The Labute approximate surface area is 116 Å². The van der Waals surface area contributed by atoms with E-state index in [2.05, 4.69) is 4.98 Å². The molecule has 0 fully saturated rings. The van der Waals surface area contributed by atoms with Crippen molar-refractivity contribution < 1.29 is 19.4 Å². The van der Waals surface area contributed by atoms with Crippen molar-refractivity contribution in [2.75, 3.05) is 7.11 Å². The van der Waals surface area contributed by atoms with E-state index in [-0.39, 0.29) is 5.78 Å². The van der Waals surface area contributed by atoms with Crippen molar-refractivity contribution in [2.45, 2.75) is 13.8 Å². The smallest absolute Gasteiger partial charge is 0.306 e. The molecule has 0 radical (unpaired) electrons. The predicted octanol–water partition coefficient (Wildman–Crippen LogP) is 2.72. The number of hydrogen-bond acceptors (Lipinski definition) is 3. The van der Waals surface area contributed by atoms with Gasteiger partial charge in [0.2, 0.25) is 0 Å². The van der Waals surface area contributed by atoms with Crippen LogP contribution in [0, 0.1) is 11.8 Å². The number of aliphatic carboxylic acids is 1. The first-order chi connectivity index (χ1) is 9.45. The van der Waals surface area contributed by atoms with Crippen molar-refractivity contribution in [3.63, 3.8) is 0 Å². The number of rotatable bonds is 5. The predicted molar refractivity (Wildman–Crippen MR) is 75.1 cm³/mol. The molecule has 0 spiro atoms. The average Bonchev–Trinajstić information content (AvgIpc) is 2.87. The highest BCUT2D eigenvalue weighted by Crippen LogP contribution is 2.27. The SMILES string of the molecule is COc1ccc2[nH]cc(C(=O)C(C)C(C)C(=O)O)c2c1. The summed E-state index contributed by atoms with van der Waals surface area (Å²) in [7, 11) is 1.56. The Morgan fingerprint density at radius 3 is 2.55 bits per heavy atom. The maximum Gasteiger partial charge on any atom is 0.306 e. The van der Waals surface area contributed by atoms with E-state index >= 15 is 0 Å². The van der Waals surface area contributed by atoms with Crippen LogP contribution in [-0.2, 0) is 4.79 Å². The van der Waals surface area contributed by atoms with Crippen LogP contribution in [0.5, 0.6) is 5.75 Å². The van der Waals surface area contributed by atoms with Crippen LogP contribution in [-0.4, -0.2) is 29.0 Å². The van der Waals surface area contributed by atoms with Crippen LogP contribution in [0.25, 0.3) is 10.9 Å². The van der Waals surface area contributed by atoms with Crippen LogP contribution in [0.1, 0.15) is 24.2 Å². The van der Waals surface area contributed by atoms with E-state index in [0.29, 0.717) is 11.3 Å². The van der Waals surface area contributed by atoms with Crippen LogP contribution in [0.4, 0.5) is 0 Å². The topological polar surface area (TPSA) is 79.4 Å². The van der Waals surface area contributed by atoms with E-state index in [1.807, 2.05) is 6.07 Å². The lowest BCUT2D eigenvalue weighted by atomic mass is 9.88. The molecule has 1 aromatic heterocycles. The molecule has 1 heterocycles. The molecule has 0 amide bonds. The molecule has 0 aliphatic carbocycles. The molecular formula is C15H17NO4. The Morgan fingerprint density at radius 2 is 1.95 bits per heavy atom. The van der Waals surface area contributed by atoms with Crippen LogP contribution in [0.2, 0.25) is 0 Å². The molecule has 2 rings (SSSR count). The maximum atomic E-state index is 12.4. The lowest BCUT2D eigenvalue weighted by Crippen LogP contribution is -2.25. The number of carboxylic acid groups (broad SMARTS) is 1. The summed E-state index contributed by atoms with van der Waals surface area (Å²) in [5.74, 6) is -1.80. The Morgan fingerprint density at radius 1 is 1.25 bits per heavy atom. The third-order valence-corrected chi connectivity index (χ3v) is 3.71. The van der Waals surface area contributed by atoms with Gasteiger partial charge in [-0.2, -0.15) is 0 Å². The van der Waals surface area contributed by atoms with Gasteiger partial charge in [-0.25, -0.2) is 0 Å². The minimum absolute atomic E-state index is 0.181. The fourth-order valence-electron chi connectivity index (χ4n) is 2.12. The zero-order valence-corrected chi connectivity index (χ0v) is 11.6. The number of benzene rings is 1. The fraction of sp³-hybridized carbons (Fsp3) is 0.333. The average molecular weight is 275 g/mol. The summed E-state index contributed by atoms with van der Waals surface area (Å²) in [6.07, 6.45) is 1.62. The number of fused-ring (bicyclic) bond motifs is 1. The number of carbonyl (C=O) groups excluding carboxylic acids is 1. The molecule has 5 nitrogen and oxygen atoms in total. The Balaban J connectivity index is 2.42. The fourth-order valence-corrected chi connectivity index (χ4v) is 2.12. The number of Topliss-reactive ketones (excluding diaryl/α,β-unsaturated/α-hetero) is 1. The van der Waals surface area contributed by atoms with Crippen LogP contribution in [0.3, 0.4) is 0 Å². The number of ether oxygens (including phenoxy) is 1. The Kier molecular flexibility index (Phi) is 3.79. The number of ketones is 1. The first-order valence-electron chi connectivity index (χ1n) is 6.37. The quantitative estimate of drug-likeness (QED) is 0.822. The van der Waals surface area contributed by atoms with Gasteiger partial charge in [-0.1, -0.05) is 13.8 Å². The third-order valence-electron chi connectivity index (χ3n) is 3.71. The summed E-state index contributed by atoms with van der Waals surface area (Å²) in [5.41, 5.74) is 1.32. The summed E-state index contributed by atoms with van der Waals surface area (Å²) in [5, 5.41) is 9.76. The first-order valence-corrected chi connectivity index (χ1v) is 6.37. The first kappa shape index (κ1) is 14.1. The third kappa shape index (κ3) is 2.39. The number of aromatic amines is 1. The molecule has 2 aromatic rings.